The first-order chi connectivity index (χ1) is 12.2. The van der Waals surface area contributed by atoms with Crippen LogP contribution in [0.2, 0.25) is 5.02 Å². The summed E-state index contributed by atoms with van der Waals surface area (Å²) in [5, 5.41) is 4.01. The molecule has 2 aliphatic carbocycles. The number of carbonyl (C=O) groups is 1. The van der Waals surface area contributed by atoms with E-state index in [0.717, 1.165) is 22.3 Å². The molecule has 0 unspecified atom stereocenters. The largest absolute Gasteiger partial charge is 0.349 e. The molecule has 0 radical (unpaired) electrons. The van der Waals surface area contributed by atoms with Gasteiger partial charge in [0.05, 0.1) is 0 Å². The summed E-state index contributed by atoms with van der Waals surface area (Å²) < 4.78 is 0. The minimum absolute atomic E-state index is 0.0782. The highest BCUT2D eigenvalue weighted by molar-refractivity contribution is 7.98. The Hall–Kier alpha value is -1.45. The highest BCUT2D eigenvalue weighted by atomic mass is 35.5. The summed E-state index contributed by atoms with van der Waals surface area (Å²) in [7, 11) is 0. The summed E-state index contributed by atoms with van der Waals surface area (Å²) in [5.41, 5.74) is 1.99. The van der Waals surface area contributed by atoms with Crippen LogP contribution in [0.1, 0.15) is 41.6 Å². The van der Waals surface area contributed by atoms with E-state index in [1.165, 1.54) is 36.1 Å². The quantitative estimate of drug-likeness (QED) is 0.698. The zero-order valence-electron chi connectivity index (χ0n) is 14.1. The predicted molar refractivity (Wildman–Crippen MR) is 104 cm³/mol. The van der Waals surface area contributed by atoms with E-state index < -0.39 is 0 Å². The van der Waals surface area contributed by atoms with Gasteiger partial charge in [-0.25, -0.2) is 0 Å². The number of carbonyl (C=O) groups excluding carboxylic acids is 1. The molecule has 2 aliphatic rings. The third-order valence-electron chi connectivity index (χ3n) is 5.49. The fourth-order valence-corrected chi connectivity index (χ4v) is 5.10. The van der Waals surface area contributed by atoms with Crippen molar-refractivity contribution in [2.45, 2.75) is 42.4 Å². The Bertz CT molecular complexity index is 743. The molecule has 0 spiro atoms. The van der Waals surface area contributed by atoms with Gasteiger partial charge in [0.2, 0.25) is 0 Å². The van der Waals surface area contributed by atoms with E-state index in [2.05, 4.69) is 17.4 Å². The summed E-state index contributed by atoms with van der Waals surface area (Å²) in [5.74, 6) is 2.52. The molecule has 3 atom stereocenters. The average molecular weight is 372 g/mol. The average Bonchev–Trinajstić information content (AvgIpc) is 3.25. The number of halogens is 1. The van der Waals surface area contributed by atoms with Crippen molar-refractivity contribution in [3.05, 3.63) is 64.7 Å². The zero-order chi connectivity index (χ0) is 17.2. The van der Waals surface area contributed by atoms with Crippen molar-refractivity contribution in [3.63, 3.8) is 0 Å². The molecule has 0 saturated heterocycles. The normalized spacial score (nSPS) is 24.4. The van der Waals surface area contributed by atoms with Crippen molar-refractivity contribution in [1.82, 2.24) is 5.32 Å². The van der Waals surface area contributed by atoms with Crippen LogP contribution in [0.5, 0.6) is 0 Å². The molecule has 1 amide bonds. The lowest BCUT2D eigenvalue weighted by atomic mass is 9.95. The monoisotopic (exact) mass is 371 g/mol. The maximum atomic E-state index is 12.5. The third kappa shape index (κ3) is 4.04. The van der Waals surface area contributed by atoms with E-state index in [4.69, 9.17) is 11.6 Å². The summed E-state index contributed by atoms with van der Waals surface area (Å²) in [4.78, 5) is 13.7. The minimum Gasteiger partial charge on any atom is -0.349 e. The number of thioether (sulfide) groups is 1. The maximum Gasteiger partial charge on any atom is 0.251 e. The van der Waals surface area contributed by atoms with Gasteiger partial charge in [0.1, 0.15) is 0 Å². The number of nitrogens with one attached hydrogen (secondary N) is 1. The number of fused-ring (bicyclic) bond motifs is 2. The maximum absolute atomic E-state index is 12.5. The van der Waals surface area contributed by atoms with E-state index in [-0.39, 0.29) is 5.91 Å². The van der Waals surface area contributed by atoms with Gasteiger partial charge in [0.25, 0.3) is 5.91 Å². The van der Waals surface area contributed by atoms with Gasteiger partial charge in [0.15, 0.2) is 0 Å². The molecule has 4 rings (SSSR count). The van der Waals surface area contributed by atoms with Crippen LogP contribution < -0.4 is 5.32 Å². The van der Waals surface area contributed by atoms with Crippen molar-refractivity contribution in [3.8, 4) is 0 Å². The second kappa shape index (κ2) is 7.43. The second-order valence-electron chi connectivity index (χ2n) is 7.19. The fraction of sp³-hybridized carbons (Fsp3) is 0.381. The Morgan fingerprint density at radius 1 is 1.04 bits per heavy atom. The number of rotatable bonds is 5. The Morgan fingerprint density at radius 2 is 1.80 bits per heavy atom. The molecule has 25 heavy (non-hydrogen) atoms. The number of benzene rings is 2. The van der Waals surface area contributed by atoms with Gasteiger partial charge in [-0.15, -0.1) is 11.8 Å². The van der Waals surface area contributed by atoms with Crippen molar-refractivity contribution in [2.75, 3.05) is 0 Å². The Kier molecular flexibility index (Phi) is 5.05. The minimum atomic E-state index is 0.0782. The van der Waals surface area contributed by atoms with Gasteiger partial charge in [-0.1, -0.05) is 30.2 Å². The van der Waals surface area contributed by atoms with Crippen LogP contribution in [0.3, 0.4) is 0 Å². The van der Waals surface area contributed by atoms with Crippen LogP contribution in [-0.4, -0.2) is 11.9 Å². The van der Waals surface area contributed by atoms with Crippen LogP contribution in [0.25, 0.3) is 0 Å². The Morgan fingerprint density at radius 3 is 2.44 bits per heavy atom. The molecular weight excluding hydrogens is 350 g/mol. The lowest BCUT2D eigenvalue weighted by molar-refractivity contribution is 0.0923. The van der Waals surface area contributed by atoms with Crippen molar-refractivity contribution in [1.29, 1.82) is 0 Å². The topological polar surface area (TPSA) is 29.1 Å². The summed E-state index contributed by atoms with van der Waals surface area (Å²) >= 11 is 7.68. The van der Waals surface area contributed by atoms with E-state index in [1.54, 1.807) is 11.8 Å². The number of hydrogen-bond donors (Lipinski definition) is 1. The first-order valence-electron chi connectivity index (χ1n) is 8.95. The van der Waals surface area contributed by atoms with Crippen molar-refractivity contribution >= 4 is 29.3 Å². The third-order valence-corrected chi connectivity index (χ3v) is 6.82. The van der Waals surface area contributed by atoms with E-state index >= 15 is 0 Å². The molecule has 2 aromatic rings. The lowest BCUT2D eigenvalue weighted by Gasteiger charge is -2.22. The van der Waals surface area contributed by atoms with Crippen LogP contribution >= 0.6 is 23.4 Å². The van der Waals surface area contributed by atoms with Crippen LogP contribution in [0.4, 0.5) is 0 Å². The predicted octanol–water partition coefficient (Wildman–Crippen LogP) is 5.55. The van der Waals surface area contributed by atoms with Gasteiger partial charge < -0.3 is 5.32 Å². The molecule has 2 aromatic carbocycles. The highest BCUT2D eigenvalue weighted by Crippen LogP contribution is 2.44. The van der Waals surface area contributed by atoms with Gasteiger partial charge in [-0.2, -0.15) is 0 Å². The molecule has 130 valence electrons. The van der Waals surface area contributed by atoms with Gasteiger partial charge in [-0.3, -0.25) is 4.79 Å². The molecule has 1 N–H and O–H groups in total. The van der Waals surface area contributed by atoms with Gasteiger partial charge >= 0.3 is 0 Å². The summed E-state index contributed by atoms with van der Waals surface area (Å²) in [6.07, 6.45) is 5.13. The molecule has 2 bridgehead atoms. The second-order valence-corrected chi connectivity index (χ2v) is 8.68. The molecule has 0 aromatic heterocycles. The van der Waals surface area contributed by atoms with E-state index in [9.17, 15) is 4.79 Å². The van der Waals surface area contributed by atoms with Crippen molar-refractivity contribution < 1.29 is 4.79 Å². The number of amides is 1. The van der Waals surface area contributed by atoms with Crippen molar-refractivity contribution in [2.24, 2.45) is 11.8 Å². The Labute approximate surface area is 158 Å². The number of hydrogen-bond acceptors (Lipinski definition) is 2. The van der Waals surface area contributed by atoms with Crippen LogP contribution in [0.15, 0.2) is 53.4 Å². The molecule has 2 nitrogen and oxygen atoms in total. The first-order valence-corrected chi connectivity index (χ1v) is 10.3. The van der Waals surface area contributed by atoms with E-state index in [0.29, 0.717) is 12.0 Å². The van der Waals surface area contributed by atoms with E-state index in [1.807, 2.05) is 36.4 Å². The molecule has 2 fully saturated rings. The zero-order valence-corrected chi connectivity index (χ0v) is 15.7. The summed E-state index contributed by atoms with van der Waals surface area (Å²) in [6, 6.07) is 16.3. The standard InChI is InChI=1S/C21H22ClNOS/c22-18-7-9-19(10-8-18)25-13-14-1-4-16(5-2-14)21(24)23-20-12-15-3-6-17(20)11-15/h1-2,4-5,7-10,15,17,20H,3,6,11-13H2,(H,23,24)/t15-,17-,20+/m0/s1. The molecule has 2 saturated carbocycles. The summed E-state index contributed by atoms with van der Waals surface area (Å²) in [6.45, 7) is 0. The van der Waals surface area contributed by atoms with Crippen LogP contribution in [-0.2, 0) is 5.75 Å². The highest BCUT2D eigenvalue weighted by Gasteiger charge is 2.40. The fourth-order valence-electron chi connectivity index (χ4n) is 4.12. The first kappa shape index (κ1) is 17.0. The molecule has 0 heterocycles. The SMILES string of the molecule is O=C(N[C@@H]1C[C@H]2CC[C@H]1C2)c1ccc(CSc2ccc(Cl)cc2)cc1. The lowest BCUT2D eigenvalue weighted by Crippen LogP contribution is -2.38. The molecule has 0 aliphatic heterocycles. The smallest absolute Gasteiger partial charge is 0.251 e. The molecule has 4 heteroatoms. The van der Waals surface area contributed by atoms with Gasteiger partial charge in [0, 0.05) is 27.3 Å². The Balaban J connectivity index is 1.31. The van der Waals surface area contributed by atoms with Crippen LogP contribution in [0, 0.1) is 11.8 Å². The molecular formula is C21H22ClNOS. The van der Waals surface area contributed by atoms with Gasteiger partial charge in [-0.05, 0) is 73.1 Å².